The Morgan fingerprint density at radius 3 is 2.44 bits per heavy atom. The Hall–Kier alpha value is -1.39. The zero-order chi connectivity index (χ0) is 13.0. The van der Waals surface area contributed by atoms with E-state index in [0.717, 1.165) is 24.8 Å². The fourth-order valence-electron chi connectivity index (χ4n) is 2.47. The monoisotopic (exact) mass is 249 g/mol. The zero-order valence-electron chi connectivity index (χ0n) is 10.3. The van der Waals surface area contributed by atoms with Crippen LogP contribution in [0, 0.1) is 0 Å². The van der Waals surface area contributed by atoms with Gasteiger partial charge in [-0.25, -0.2) is 0 Å². The molecule has 0 aliphatic heterocycles. The number of carboxylic acid groups (broad SMARTS) is 1. The van der Waals surface area contributed by atoms with Crippen molar-refractivity contribution in [1.82, 2.24) is 4.90 Å². The standard InChI is InChI=1S/C14H19NO3/c16-10-9-15(12-7-4-8-12)13(14(17)18)11-5-2-1-3-6-11/h1-3,5-6,12-13,16H,4,7-10H2,(H,17,18). The van der Waals surface area contributed by atoms with Gasteiger partial charge in [-0.05, 0) is 18.4 Å². The van der Waals surface area contributed by atoms with Crippen molar-refractivity contribution < 1.29 is 15.0 Å². The molecular formula is C14H19NO3. The van der Waals surface area contributed by atoms with Crippen molar-refractivity contribution >= 4 is 5.97 Å². The number of benzene rings is 1. The quantitative estimate of drug-likeness (QED) is 0.805. The third kappa shape index (κ3) is 2.71. The maximum Gasteiger partial charge on any atom is 0.325 e. The highest BCUT2D eigenvalue weighted by molar-refractivity contribution is 5.75. The van der Waals surface area contributed by atoms with Gasteiger partial charge >= 0.3 is 5.97 Å². The van der Waals surface area contributed by atoms with Crippen molar-refractivity contribution in [2.45, 2.75) is 31.3 Å². The van der Waals surface area contributed by atoms with Gasteiger partial charge in [-0.1, -0.05) is 36.8 Å². The Labute approximate surface area is 107 Å². The van der Waals surface area contributed by atoms with Crippen LogP contribution in [0.2, 0.25) is 0 Å². The molecule has 2 N–H and O–H groups in total. The minimum absolute atomic E-state index is 0.00683. The van der Waals surface area contributed by atoms with Crippen LogP contribution in [-0.4, -0.2) is 40.3 Å². The van der Waals surface area contributed by atoms with Crippen molar-refractivity contribution in [3.8, 4) is 0 Å². The molecule has 0 amide bonds. The first-order valence-electron chi connectivity index (χ1n) is 6.38. The summed E-state index contributed by atoms with van der Waals surface area (Å²) in [6, 6.07) is 8.89. The first-order chi connectivity index (χ1) is 8.74. The lowest BCUT2D eigenvalue weighted by atomic mass is 9.89. The molecule has 98 valence electrons. The van der Waals surface area contributed by atoms with Crippen LogP contribution in [0.5, 0.6) is 0 Å². The number of aliphatic carboxylic acids is 1. The van der Waals surface area contributed by atoms with Gasteiger partial charge in [-0.15, -0.1) is 0 Å². The lowest BCUT2D eigenvalue weighted by molar-refractivity contribution is -0.145. The van der Waals surface area contributed by atoms with E-state index >= 15 is 0 Å². The van der Waals surface area contributed by atoms with Gasteiger partial charge in [0.1, 0.15) is 6.04 Å². The SMILES string of the molecule is O=C(O)C(c1ccccc1)N(CCO)C1CCC1. The summed E-state index contributed by atoms with van der Waals surface area (Å²) in [4.78, 5) is 13.5. The third-order valence-corrected chi connectivity index (χ3v) is 3.58. The minimum Gasteiger partial charge on any atom is -0.480 e. The molecule has 0 bridgehead atoms. The number of aliphatic hydroxyl groups is 1. The van der Waals surface area contributed by atoms with Gasteiger partial charge in [0.2, 0.25) is 0 Å². The molecule has 2 rings (SSSR count). The Kier molecular flexibility index (Phi) is 4.33. The highest BCUT2D eigenvalue weighted by Gasteiger charge is 2.34. The topological polar surface area (TPSA) is 60.8 Å². The Morgan fingerprint density at radius 1 is 1.33 bits per heavy atom. The molecule has 1 aliphatic rings. The van der Waals surface area contributed by atoms with Crippen LogP contribution in [0.3, 0.4) is 0 Å². The van der Waals surface area contributed by atoms with E-state index in [-0.39, 0.29) is 6.61 Å². The molecule has 0 radical (unpaired) electrons. The lowest BCUT2D eigenvalue weighted by Gasteiger charge is -2.40. The summed E-state index contributed by atoms with van der Waals surface area (Å²) in [5.41, 5.74) is 0.783. The number of rotatable bonds is 6. The number of carbonyl (C=O) groups is 1. The average molecular weight is 249 g/mol. The average Bonchev–Trinajstić information content (AvgIpc) is 2.28. The number of carboxylic acids is 1. The largest absolute Gasteiger partial charge is 0.480 e. The van der Waals surface area contributed by atoms with Gasteiger partial charge in [0.25, 0.3) is 0 Å². The molecule has 4 nitrogen and oxygen atoms in total. The van der Waals surface area contributed by atoms with Gasteiger partial charge in [0.05, 0.1) is 6.61 Å². The number of nitrogens with zero attached hydrogens (tertiary/aromatic N) is 1. The van der Waals surface area contributed by atoms with Gasteiger partial charge in [-0.3, -0.25) is 9.69 Å². The van der Waals surface area contributed by atoms with E-state index in [1.54, 1.807) is 0 Å². The van der Waals surface area contributed by atoms with Gasteiger partial charge in [-0.2, -0.15) is 0 Å². The lowest BCUT2D eigenvalue weighted by Crippen LogP contribution is -2.46. The van der Waals surface area contributed by atoms with Crippen molar-refractivity contribution in [3.63, 3.8) is 0 Å². The second-order valence-electron chi connectivity index (χ2n) is 4.70. The van der Waals surface area contributed by atoms with Crippen LogP contribution in [0.4, 0.5) is 0 Å². The Morgan fingerprint density at radius 2 is 2.00 bits per heavy atom. The van der Waals surface area contributed by atoms with Crippen LogP contribution < -0.4 is 0 Å². The summed E-state index contributed by atoms with van der Waals surface area (Å²) < 4.78 is 0. The van der Waals surface area contributed by atoms with E-state index in [4.69, 9.17) is 5.11 Å². The van der Waals surface area contributed by atoms with Crippen molar-refractivity contribution in [3.05, 3.63) is 35.9 Å². The highest BCUT2D eigenvalue weighted by Crippen LogP contribution is 2.32. The van der Waals surface area contributed by atoms with Crippen LogP contribution in [-0.2, 0) is 4.79 Å². The molecular weight excluding hydrogens is 230 g/mol. The molecule has 1 unspecified atom stereocenters. The Bertz CT molecular complexity index is 389. The maximum atomic E-state index is 11.5. The summed E-state index contributed by atoms with van der Waals surface area (Å²) in [7, 11) is 0. The van der Waals surface area contributed by atoms with E-state index in [0.29, 0.717) is 12.6 Å². The molecule has 0 saturated heterocycles. The predicted molar refractivity (Wildman–Crippen MR) is 68.2 cm³/mol. The molecule has 1 fully saturated rings. The van der Waals surface area contributed by atoms with E-state index in [1.807, 2.05) is 35.2 Å². The van der Waals surface area contributed by atoms with Crippen molar-refractivity contribution in [2.75, 3.05) is 13.2 Å². The molecule has 1 aromatic carbocycles. The summed E-state index contributed by atoms with van der Waals surface area (Å²) >= 11 is 0. The molecule has 18 heavy (non-hydrogen) atoms. The third-order valence-electron chi connectivity index (χ3n) is 3.58. The van der Waals surface area contributed by atoms with E-state index in [2.05, 4.69) is 0 Å². The second-order valence-corrected chi connectivity index (χ2v) is 4.70. The smallest absolute Gasteiger partial charge is 0.325 e. The maximum absolute atomic E-state index is 11.5. The van der Waals surface area contributed by atoms with Crippen molar-refractivity contribution in [1.29, 1.82) is 0 Å². The molecule has 4 heteroatoms. The fraction of sp³-hybridized carbons (Fsp3) is 0.500. The molecule has 1 saturated carbocycles. The number of hydrogen-bond donors (Lipinski definition) is 2. The molecule has 0 aromatic heterocycles. The first-order valence-corrected chi connectivity index (χ1v) is 6.38. The molecule has 0 heterocycles. The van der Waals surface area contributed by atoms with Gasteiger partial charge in [0.15, 0.2) is 0 Å². The molecule has 0 spiro atoms. The Balaban J connectivity index is 2.24. The molecule has 1 aromatic rings. The van der Waals surface area contributed by atoms with E-state index in [9.17, 15) is 9.90 Å². The van der Waals surface area contributed by atoms with Crippen LogP contribution in [0.1, 0.15) is 30.9 Å². The fourth-order valence-corrected chi connectivity index (χ4v) is 2.47. The summed E-state index contributed by atoms with van der Waals surface area (Å²) in [5.74, 6) is -0.846. The van der Waals surface area contributed by atoms with E-state index < -0.39 is 12.0 Å². The zero-order valence-corrected chi connectivity index (χ0v) is 10.3. The normalized spacial score (nSPS) is 17.4. The van der Waals surface area contributed by atoms with E-state index in [1.165, 1.54) is 0 Å². The highest BCUT2D eigenvalue weighted by atomic mass is 16.4. The molecule has 1 atom stereocenters. The number of hydrogen-bond acceptors (Lipinski definition) is 3. The van der Waals surface area contributed by atoms with Crippen molar-refractivity contribution in [2.24, 2.45) is 0 Å². The van der Waals surface area contributed by atoms with Crippen LogP contribution in [0.25, 0.3) is 0 Å². The summed E-state index contributed by atoms with van der Waals surface area (Å²) in [5, 5.41) is 18.6. The van der Waals surface area contributed by atoms with Crippen LogP contribution >= 0.6 is 0 Å². The summed E-state index contributed by atoms with van der Waals surface area (Å²) in [6.45, 7) is 0.406. The first kappa shape index (κ1) is 13.1. The summed E-state index contributed by atoms with van der Waals surface area (Å²) in [6.07, 6.45) is 3.20. The predicted octanol–water partition coefficient (Wildman–Crippen LogP) is 1.66. The minimum atomic E-state index is -0.846. The molecule has 1 aliphatic carbocycles. The number of aliphatic hydroxyl groups excluding tert-OH is 1. The second kappa shape index (κ2) is 5.98. The van der Waals surface area contributed by atoms with Crippen LogP contribution in [0.15, 0.2) is 30.3 Å². The van der Waals surface area contributed by atoms with Gasteiger partial charge < -0.3 is 10.2 Å². The van der Waals surface area contributed by atoms with Gasteiger partial charge in [0, 0.05) is 12.6 Å².